The topological polar surface area (TPSA) is 131 Å². The molecule has 1 heterocycles. The predicted octanol–water partition coefficient (Wildman–Crippen LogP) is 1.98. The molecule has 1 aromatic rings. The molecule has 0 atom stereocenters. The monoisotopic (exact) mass is 481 g/mol. The SMILES string of the molecule is CCC1CCC2(CC1)NC(=O)N(CC(=O)OCC(=O)NC(=O)c1ccc(OC(F)F)cc1)C2=O. The number of imide groups is 2. The van der Waals surface area contributed by atoms with Crippen molar-refractivity contribution < 1.29 is 42.2 Å². The highest BCUT2D eigenvalue weighted by molar-refractivity contribution is 6.09. The average molecular weight is 481 g/mol. The van der Waals surface area contributed by atoms with Gasteiger partial charge in [0.15, 0.2) is 6.61 Å². The van der Waals surface area contributed by atoms with Gasteiger partial charge in [0, 0.05) is 5.56 Å². The maximum Gasteiger partial charge on any atom is 0.387 e. The van der Waals surface area contributed by atoms with Gasteiger partial charge in [0.05, 0.1) is 0 Å². The van der Waals surface area contributed by atoms with Crippen LogP contribution in [0, 0.1) is 5.92 Å². The van der Waals surface area contributed by atoms with E-state index in [2.05, 4.69) is 17.0 Å². The molecule has 184 valence electrons. The molecule has 0 bridgehead atoms. The van der Waals surface area contributed by atoms with Crippen LogP contribution >= 0.6 is 0 Å². The van der Waals surface area contributed by atoms with E-state index in [1.165, 1.54) is 12.1 Å². The summed E-state index contributed by atoms with van der Waals surface area (Å²) in [6, 6.07) is 3.92. The molecule has 0 aromatic heterocycles. The van der Waals surface area contributed by atoms with E-state index in [1.54, 1.807) is 0 Å². The summed E-state index contributed by atoms with van der Waals surface area (Å²) >= 11 is 0. The summed E-state index contributed by atoms with van der Waals surface area (Å²) in [5.41, 5.74) is -1.01. The van der Waals surface area contributed by atoms with E-state index in [9.17, 15) is 32.8 Å². The van der Waals surface area contributed by atoms with Gasteiger partial charge < -0.3 is 14.8 Å². The lowest BCUT2D eigenvalue weighted by molar-refractivity contribution is -0.151. The molecule has 1 aliphatic heterocycles. The quantitative estimate of drug-likeness (QED) is 0.429. The molecule has 0 radical (unpaired) electrons. The van der Waals surface area contributed by atoms with E-state index in [0.29, 0.717) is 18.8 Å². The molecule has 1 spiro atoms. The van der Waals surface area contributed by atoms with Crippen molar-refractivity contribution in [3.8, 4) is 5.75 Å². The van der Waals surface area contributed by atoms with Gasteiger partial charge in [-0.1, -0.05) is 13.3 Å². The van der Waals surface area contributed by atoms with Crippen molar-refractivity contribution in [1.29, 1.82) is 0 Å². The maximum atomic E-state index is 12.8. The lowest BCUT2D eigenvalue weighted by Crippen LogP contribution is -2.49. The number of alkyl halides is 2. The summed E-state index contributed by atoms with van der Waals surface area (Å²) in [4.78, 5) is 61.9. The molecule has 0 unspecified atom stereocenters. The van der Waals surface area contributed by atoms with Crippen LogP contribution in [-0.4, -0.2) is 59.9 Å². The molecule has 1 aromatic carbocycles. The number of nitrogens with zero attached hydrogens (tertiary/aromatic N) is 1. The van der Waals surface area contributed by atoms with Gasteiger partial charge in [-0.25, -0.2) is 4.79 Å². The Bertz CT molecular complexity index is 960. The van der Waals surface area contributed by atoms with Crippen molar-refractivity contribution in [2.24, 2.45) is 5.92 Å². The Balaban J connectivity index is 1.45. The van der Waals surface area contributed by atoms with E-state index >= 15 is 0 Å². The number of hydrogen-bond donors (Lipinski definition) is 2. The largest absolute Gasteiger partial charge is 0.454 e. The number of ether oxygens (including phenoxy) is 2. The number of carbonyl (C=O) groups is 5. The number of benzene rings is 1. The van der Waals surface area contributed by atoms with Gasteiger partial charge in [0.1, 0.15) is 17.8 Å². The van der Waals surface area contributed by atoms with Crippen LogP contribution in [0.3, 0.4) is 0 Å². The van der Waals surface area contributed by atoms with Crippen LogP contribution in [0.2, 0.25) is 0 Å². The number of hydrogen-bond acceptors (Lipinski definition) is 7. The lowest BCUT2D eigenvalue weighted by Gasteiger charge is -2.34. The highest BCUT2D eigenvalue weighted by Crippen LogP contribution is 2.37. The number of esters is 1. The van der Waals surface area contributed by atoms with Crippen LogP contribution in [0.25, 0.3) is 0 Å². The fraction of sp³-hybridized carbons (Fsp3) is 0.500. The van der Waals surface area contributed by atoms with Crippen molar-refractivity contribution in [3.05, 3.63) is 29.8 Å². The Labute approximate surface area is 193 Å². The molecular formula is C22H25F2N3O7. The number of nitrogens with one attached hydrogen (secondary N) is 2. The summed E-state index contributed by atoms with van der Waals surface area (Å²) in [5.74, 6) is -2.92. The summed E-state index contributed by atoms with van der Waals surface area (Å²) in [6.07, 6.45) is 3.61. The van der Waals surface area contributed by atoms with Crippen molar-refractivity contribution in [3.63, 3.8) is 0 Å². The molecule has 1 saturated heterocycles. The maximum absolute atomic E-state index is 12.8. The first kappa shape index (κ1) is 25.1. The Morgan fingerprint density at radius 2 is 1.82 bits per heavy atom. The standard InChI is InChI=1S/C22H25F2N3O7/c1-2-13-7-9-22(10-8-13)19(31)27(21(32)26-22)11-17(29)33-12-16(28)25-18(30)14-3-5-15(6-4-14)34-20(23)24/h3-6,13,20H,2,7-12H2,1H3,(H,26,32)(H,25,28,30). The van der Waals surface area contributed by atoms with Gasteiger partial charge in [0.2, 0.25) is 0 Å². The van der Waals surface area contributed by atoms with Crippen LogP contribution in [0.4, 0.5) is 13.6 Å². The van der Waals surface area contributed by atoms with Crippen molar-refractivity contribution in [1.82, 2.24) is 15.5 Å². The number of carbonyl (C=O) groups excluding carboxylic acids is 5. The van der Waals surface area contributed by atoms with E-state index < -0.39 is 55.0 Å². The van der Waals surface area contributed by atoms with Crippen molar-refractivity contribution in [2.75, 3.05) is 13.2 Å². The van der Waals surface area contributed by atoms with Crippen LogP contribution in [0.1, 0.15) is 49.4 Å². The van der Waals surface area contributed by atoms with Gasteiger partial charge in [0.25, 0.3) is 17.7 Å². The minimum Gasteiger partial charge on any atom is -0.454 e. The molecule has 12 heteroatoms. The minimum atomic E-state index is -3.01. The second-order valence-electron chi connectivity index (χ2n) is 8.20. The Morgan fingerprint density at radius 3 is 2.41 bits per heavy atom. The zero-order chi connectivity index (χ0) is 24.9. The number of rotatable bonds is 8. The highest BCUT2D eigenvalue weighted by Gasteiger charge is 2.52. The number of urea groups is 1. The first-order valence-electron chi connectivity index (χ1n) is 10.8. The van der Waals surface area contributed by atoms with Gasteiger partial charge in [-0.05, 0) is 55.9 Å². The third-order valence-electron chi connectivity index (χ3n) is 6.03. The smallest absolute Gasteiger partial charge is 0.387 e. The fourth-order valence-electron chi connectivity index (χ4n) is 4.08. The van der Waals surface area contributed by atoms with Crippen LogP contribution in [0.5, 0.6) is 5.75 Å². The summed E-state index contributed by atoms with van der Waals surface area (Å²) < 4.78 is 33.3. The van der Waals surface area contributed by atoms with Gasteiger partial charge in [-0.3, -0.25) is 29.4 Å². The van der Waals surface area contributed by atoms with Crippen LogP contribution < -0.4 is 15.4 Å². The molecule has 3 rings (SSSR count). The first-order chi connectivity index (χ1) is 16.1. The second-order valence-corrected chi connectivity index (χ2v) is 8.20. The average Bonchev–Trinajstić information content (AvgIpc) is 3.02. The van der Waals surface area contributed by atoms with Gasteiger partial charge >= 0.3 is 18.6 Å². The van der Waals surface area contributed by atoms with E-state index in [-0.39, 0.29) is 11.3 Å². The van der Waals surface area contributed by atoms with E-state index in [4.69, 9.17) is 4.74 Å². The summed E-state index contributed by atoms with van der Waals surface area (Å²) in [5, 5.41) is 4.67. The zero-order valence-electron chi connectivity index (χ0n) is 18.5. The lowest BCUT2D eigenvalue weighted by atomic mass is 9.75. The molecule has 34 heavy (non-hydrogen) atoms. The molecule has 1 saturated carbocycles. The van der Waals surface area contributed by atoms with Gasteiger partial charge in [-0.15, -0.1) is 0 Å². The molecular weight excluding hydrogens is 456 g/mol. The van der Waals surface area contributed by atoms with Crippen LogP contribution in [0.15, 0.2) is 24.3 Å². The predicted molar refractivity (Wildman–Crippen MR) is 112 cm³/mol. The van der Waals surface area contributed by atoms with Gasteiger partial charge in [-0.2, -0.15) is 8.78 Å². The Hall–Kier alpha value is -3.57. The number of amides is 5. The van der Waals surface area contributed by atoms with Crippen molar-refractivity contribution in [2.45, 2.75) is 51.2 Å². The molecule has 2 N–H and O–H groups in total. The molecule has 5 amide bonds. The molecule has 1 aliphatic carbocycles. The Kier molecular flexibility index (Phi) is 7.79. The highest BCUT2D eigenvalue weighted by atomic mass is 19.3. The summed E-state index contributed by atoms with van der Waals surface area (Å²) in [6.45, 7) is -2.41. The fourth-order valence-corrected chi connectivity index (χ4v) is 4.08. The third-order valence-corrected chi connectivity index (χ3v) is 6.03. The zero-order valence-corrected chi connectivity index (χ0v) is 18.5. The normalized spacial score (nSPS) is 22.0. The molecule has 2 fully saturated rings. The van der Waals surface area contributed by atoms with Crippen LogP contribution in [-0.2, 0) is 19.1 Å². The first-order valence-corrected chi connectivity index (χ1v) is 10.8. The second kappa shape index (κ2) is 10.6. The van der Waals surface area contributed by atoms with E-state index in [0.717, 1.165) is 36.3 Å². The molecule has 10 nitrogen and oxygen atoms in total. The van der Waals surface area contributed by atoms with Crippen molar-refractivity contribution >= 4 is 29.7 Å². The minimum absolute atomic E-state index is 0.0104. The van der Waals surface area contributed by atoms with E-state index in [1.807, 2.05) is 5.32 Å². The summed E-state index contributed by atoms with van der Waals surface area (Å²) in [7, 11) is 0. The molecule has 2 aliphatic rings. The Morgan fingerprint density at radius 1 is 1.18 bits per heavy atom. The third kappa shape index (κ3) is 5.86. The number of halogens is 2.